The summed E-state index contributed by atoms with van der Waals surface area (Å²) in [6.45, 7) is 2.51. The van der Waals surface area contributed by atoms with Crippen molar-refractivity contribution in [2.75, 3.05) is 19.5 Å². The summed E-state index contributed by atoms with van der Waals surface area (Å²) < 4.78 is 12.3. The lowest BCUT2D eigenvalue weighted by atomic mass is 10.1. The zero-order valence-electron chi connectivity index (χ0n) is 13.8. The summed E-state index contributed by atoms with van der Waals surface area (Å²) in [5.41, 5.74) is 8.21. The Morgan fingerprint density at radius 2 is 2.12 bits per heavy atom. The number of carbonyl (C=O) groups is 1. The number of anilines is 1. The molecule has 0 aliphatic heterocycles. The van der Waals surface area contributed by atoms with Gasteiger partial charge in [0.15, 0.2) is 5.15 Å². The van der Waals surface area contributed by atoms with E-state index in [-0.39, 0.29) is 17.1 Å². The number of nitrogens with zero attached hydrogens (tertiary/aromatic N) is 3. The van der Waals surface area contributed by atoms with Gasteiger partial charge in [-0.05, 0) is 31.2 Å². The molecule has 0 spiro atoms. The van der Waals surface area contributed by atoms with Crippen LogP contribution in [0.4, 0.5) is 5.95 Å². The van der Waals surface area contributed by atoms with Crippen molar-refractivity contribution >= 4 is 34.6 Å². The molecule has 0 radical (unpaired) electrons. The maximum absolute atomic E-state index is 12.0. The lowest BCUT2D eigenvalue weighted by Crippen LogP contribution is -2.08. The van der Waals surface area contributed by atoms with Crippen molar-refractivity contribution in [1.29, 1.82) is 0 Å². The molecule has 3 aromatic rings. The van der Waals surface area contributed by atoms with Crippen LogP contribution >= 0.6 is 11.6 Å². The number of benzene rings is 1. The molecular formula is C17H17ClN4O3. The van der Waals surface area contributed by atoms with Gasteiger partial charge >= 0.3 is 5.97 Å². The SMILES string of the molecule is CCOC(=O)c1ccc(OC)c(Cn2ccc3nc(N)nc(Cl)c32)c1. The summed E-state index contributed by atoms with van der Waals surface area (Å²) in [5, 5.41) is 0.271. The van der Waals surface area contributed by atoms with Gasteiger partial charge < -0.3 is 19.8 Å². The maximum atomic E-state index is 12.0. The molecule has 0 aliphatic rings. The van der Waals surface area contributed by atoms with Crippen LogP contribution < -0.4 is 10.5 Å². The van der Waals surface area contributed by atoms with Crippen LogP contribution in [-0.2, 0) is 11.3 Å². The molecule has 0 amide bonds. The predicted octanol–water partition coefficient (Wildman–Crippen LogP) is 2.90. The van der Waals surface area contributed by atoms with Crippen molar-refractivity contribution in [2.45, 2.75) is 13.5 Å². The van der Waals surface area contributed by atoms with E-state index in [2.05, 4.69) is 9.97 Å². The number of fused-ring (bicyclic) bond motifs is 1. The molecule has 2 heterocycles. The van der Waals surface area contributed by atoms with E-state index in [1.807, 2.05) is 10.8 Å². The maximum Gasteiger partial charge on any atom is 0.338 e. The second kappa shape index (κ2) is 6.98. The molecule has 0 saturated heterocycles. The molecule has 0 aliphatic carbocycles. The van der Waals surface area contributed by atoms with Gasteiger partial charge in [0.05, 0.1) is 31.3 Å². The van der Waals surface area contributed by atoms with Crippen LogP contribution in [0.2, 0.25) is 5.15 Å². The van der Waals surface area contributed by atoms with Crippen LogP contribution in [-0.4, -0.2) is 34.2 Å². The molecule has 1 aromatic carbocycles. The third kappa shape index (κ3) is 3.36. The minimum absolute atomic E-state index is 0.122. The molecular weight excluding hydrogens is 344 g/mol. The Morgan fingerprint density at radius 1 is 1.32 bits per heavy atom. The third-order valence-corrected chi connectivity index (χ3v) is 3.98. The first-order valence-electron chi connectivity index (χ1n) is 7.65. The lowest BCUT2D eigenvalue weighted by molar-refractivity contribution is 0.0526. The van der Waals surface area contributed by atoms with Crippen molar-refractivity contribution in [1.82, 2.24) is 14.5 Å². The minimum atomic E-state index is -0.377. The van der Waals surface area contributed by atoms with Crippen LogP contribution in [0.3, 0.4) is 0 Å². The topological polar surface area (TPSA) is 92.3 Å². The second-order valence-electron chi connectivity index (χ2n) is 5.30. The second-order valence-corrected chi connectivity index (χ2v) is 5.66. The van der Waals surface area contributed by atoms with Crippen molar-refractivity contribution in [3.8, 4) is 5.75 Å². The smallest absolute Gasteiger partial charge is 0.338 e. The summed E-state index contributed by atoms with van der Waals surface area (Å²) in [6, 6.07) is 6.96. The summed E-state index contributed by atoms with van der Waals surface area (Å²) in [7, 11) is 1.58. The number of esters is 1. The first-order chi connectivity index (χ1) is 12.0. The number of rotatable bonds is 5. The Balaban J connectivity index is 2.02. The van der Waals surface area contributed by atoms with Gasteiger partial charge in [0.1, 0.15) is 11.3 Å². The Kier molecular flexibility index (Phi) is 4.76. The van der Waals surface area contributed by atoms with Gasteiger partial charge in [-0.1, -0.05) is 11.6 Å². The molecule has 0 atom stereocenters. The molecule has 3 rings (SSSR count). The van der Waals surface area contributed by atoms with Gasteiger partial charge in [-0.2, -0.15) is 4.98 Å². The fourth-order valence-corrected chi connectivity index (χ4v) is 2.93. The van der Waals surface area contributed by atoms with Crippen LogP contribution in [0.25, 0.3) is 11.0 Å². The standard InChI is InChI=1S/C17H17ClN4O3/c1-3-25-16(23)10-4-5-13(24-2)11(8-10)9-22-7-6-12-14(22)15(18)21-17(19)20-12/h4-8H,3,9H2,1-2H3,(H2,19,20,21). The van der Waals surface area contributed by atoms with E-state index < -0.39 is 0 Å². The average Bonchev–Trinajstić information content (AvgIpc) is 2.98. The van der Waals surface area contributed by atoms with Crippen LogP contribution in [0, 0.1) is 0 Å². The molecule has 0 fully saturated rings. The van der Waals surface area contributed by atoms with E-state index in [1.165, 1.54) is 0 Å². The molecule has 2 aromatic heterocycles. The molecule has 130 valence electrons. The summed E-state index contributed by atoms with van der Waals surface area (Å²) in [4.78, 5) is 20.1. The Morgan fingerprint density at radius 3 is 2.84 bits per heavy atom. The van der Waals surface area contributed by atoms with Gasteiger partial charge in [-0.15, -0.1) is 0 Å². The Labute approximate surface area is 149 Å². The number of halogens is 1. The van der Waals surface area contributed by atoms with Crippen molar-refractivity contribution in [3.05, 3.63) is 46.7 Å². The number of ether oxygens (including phenoxy) is 2. The summed E-state index contributed by atoms with van der Waals surface area (Å²) in [5.74, 6) is 0.400. The van der Waals surface area contributed by atoms with E-state index in [9.17, 15) is 4.79 Å². The monoisotopic (exact) mass is 360 g/mol. The highest BCUT2D eigenvalue weighted by Crippen LogP contribution is 2.26. The first-order valence-corrected chi connectivity index (χ1v) is 8.03. The van der Waals surface area contributed by atoms with E-state index in [0.717, 1.165) is 5.56 Å². The molecule has 0 unspecified atom stereocenters. The van der Waals surface area contributed by atoms with Crippen LogP contribution in [0.15, 0.2) is 30.5 Å². The number of aromatic nitrogens is 3. The van der Waals surface area contributed by atoms with Crippen LogP contribution in [0.1, 0.15) is 22.8 Å². The van der Waals surface area contributed by atoms with E-state index in [0.29, 0.717) is 35.5 Å². The van der Waals surface area contributed by atoms with Gasteiger partial charge in [-0.3, -0.25) is 0 Å². The predicted molar refractivity (Wildman–Crippen MR) is 95.0 cm³/mol. The van der Waals surface area contributed by atoms with Gasteiger partial charge in [0.2, 0.25) is 5.95 Å². The highest BCUT2D eigenvalue weighted by molar-refractivity contribution is 6.33. The zero-order chi connectivity index (χ0) is 18.0. The Hall–Kier alpha value is -2.80. The normalized spacial score (nSPS) is 10.8. The van der Waals surface area contributed by atoms with Crippen molar-refractivity contribution < 1.29 is 14.3 Å². The fraction of sp³-hybridized carbons (Fsp3) is 0.235. The number of nitrogen functional groups attached to an aromatic ring is 1. The summed E-state index contributed by atoms with van der Waals surface area (Å²) >= 11 is 6.21. The molecule has 8 heteroatoms. The molecule has 2 N–H and O–H groups in total. The largest absolute Gasteiger partial charge is 0.496 e. The molecule has 0 bridgehead atoms. The highest BCUT2D eigenvalue weighted by atomic mass is 35.5. The number of carbonyl (C=O) groups excluding carboxylic acids is 1. The van der Waals surface area contributed by atoms with E-state index in [4.69, 9.17) is 26.8 Å². The third-order valence-electron chi connectivity index (χ3n) is 3.72. The number of nitrogens with two attached hydrogens (primary N) is 1. The van der Waals surface area contributed by atoms with E-state index >= 15 is 0 Å². The van der Waals surface area contributed by atoms with E-state index in [1.54, 1.807) is 38.3 Å². The van der Waals surface area contributed by atoms with Crippen molar-refractivity contribution in [3.63, 3.8) is 0 Å². The average molecular weight is 361 g/mol. The Bertz CT molecular complexity index is 939. The quantitative estimate of drug-likeness (QED) is 0.555. The molecule has 7 nitrogen and oxygen atoms in total. The first kappa shape index (κ1) is 17.0. The number of hydrogen-bond donors (Lipinski definition) is 1. The van der Waals surface area contributed by atoms with Crippen LogP contribution in [0.5, 0.6) is 5.75 Å². The number of methoxy groups -OCH3 is 1. The van der Waals surface area contributed by atoms with Gasteiger partial charge in [-0.25, -0.2) is 9.78 Å². The van der Waals surface area contributed by atoms with Gasteiger partial charge in [0.25, 0.3) is 0 Å². The summed E-state index contributed by atoms with van der Waals surface area (Å²) in [6.07, 6.45) is 1.83. The number of hydrogen-bond acceptors (Lipinski definition) is 6. The molecule has 0 saturated carbocycles. The zero-order valence-corrected chi connectivity index (χ0v) is 14.6. The van der Waals surface area contributed by atoms with Gasteiger partial charge in [0, 0.05) is 11.8 Å². The van der Waals surface area contributed by atoms with Crippen molar-refractivity contribution in [2.24, 2.45) is 0 Å². The fourth-order valence-electron chi connectivity index (χ4n) is 2.64. The highest BCUT2D eigenvalue weighted by Gasteiger charge is 2.14. The lowest BCUT2D eigenvalue weighted by Gasteiger charge is -2.12. The molecule has 25 heavy (non-hydrogen) atoms. The minimum Gasteiger partial charge on any atom is -0.496 e.